The molecule has 2 heterocycles. The van der Waals surface area contributed by atoms with Gasteiger partial charge >= 0.3 is 5.97 Å². The fourth-order valence-corrected chi connectivity index (χ4v) is 2.70. The summed E-state index contributed by atoms with van der Waals surface area (Å²) in [6, 6.07) is 8.07. The van der Waals surface area contributed by atoms with E-state index in [2.05, 4.69) is 10.3 Å². The second-order valence-electron chi connectivity index (χ2n) is 5.43. The Kier molecular flexibility index (Phi) is 3.99. The van der Waals surface area contributed by atoms with Crippen LogP contribution in [-0.2, 0) is 0 Å². The van der Waals surface area contributed by atoms with E-state index in [1.165, 1.54) is 12.1 Å². The standard InChI is InChI=1S/C17H14ClN3O3/c1-9-3-6-14-19-10(2)15(21(14)8-9)16(22)20-11-4-5-13(18)12(7-11)17(23)24/h3-8H,1-2H3,(H,20,22)(H,23,24). The lowest BCUT2D eigenvalue weighted by Gasteiger charge is -2.08. The number of aryl methyl sites for hydroxylation is 2. The first-order valence-electron chi connectivity index (χ1n) is 7.16. The number of aromatic nitrogens is 2. The summed E-state index contributed by atoms with van der Waals surface area (Å²) in [4.78, 5) is 28.1. The zero-order valence-electron chi connectivity index (χ0n) is 13.0. The normalized spacial score (nSPS) is 10.8. The average Bonchev–Trinajstić information content (AvgIpc) is 2.84. The topological polar surface area (TPSA) is 83.7 Å². The molecule has 0 fully saturated rings. The van der Waals surface area contributed by atoms with Crippen LogP contribution >= 0.6 is 11.6 Å². The van der Waals surface area contributed by atoms with Gasteiger partial charge in [0.15, 0.2) is 0 Å². The number of carboxylic acids is 1. The Bertz CT molecular complexity index is 979. The lowest BCUT2D eigenvalue weighted by molar-refractivity contribution is 0.0696. The summed E-state index contributed by atoms with van der Waals surface area (Å²) in [5, 5.41) is 11.9. The van der Waals surface area contributed by atoms with Crippen LogP contribution in [0, 0.1) is 13.8 Å². The van der Waals surface area contributed by atoms with E-state index in [1.54, 1.807) is 17.4 Å². The molecule has 3 aromatic rings. The number of halogens is 1. The van der Waals surface area contributed by atoms with Crippen molar-refractivity contribution in [3.05, 3.63) is 64.1 Å². The number of carboxylic acid groups (broad SMARTS) is 1. The first-order valence-corrected chi connectivity index (χ1v) is 7.54. The Balaban J connectivity index is 1.99. The van der Waals surface area contributed by atoms with Gasteiger partial charge in [0.25, 0.3) is 5.91 Å². The summed E-state index contributed by atoms with van der Waals surface area (Å²) in [7, 11) is 0. The van der Waals surface area contributed by atoms with Gasteiger partial charge in [0, 0.05) is 11.9 Å². The van der Waals surface area contributed by atoms with Crippen molar-refractivity contribution in [2.24, 2.45) is 0 Å². The number of carbonyl (C=O) groups is 2. The Labute approximate surface area is 142 Å². The third-order valence-corrected chi connectivity index (χ3v) is 3.94. The third kappa shape index (κ3) is 2.83. The number of nitrogens with one attached hydrogen (secondary N) is 1. The van der Waals surface area contributed by atoms with Gasteiger partial charge in [-0.2, -0.15) is 0 Å². The van der Waals surface area contributed by atoms with Gasteiger partial charge in [-0.15, -0.1) is 0 Å². The first-order chi connectivity index (χ1) is 11.4. The predicted molar refractivity (Wildman–Crippen MR) is 91.0 cm³/mol. The molecule has 2 N–H and O–H groups in total. The zero-order valence-corrected chi connectivity index (χ0v) is 13.8. The molecule has 0 saturated carbocycles. The number of rotatable bonds is 3. The molecule has 1 aromatic carbocycles. The quantitative estimate of drug-likeness (QED) is 0.761. The van der Waals surface area contributed by atoms with Crippen molar-refractivity contribution in [2.45, 2.75) is 13.8 Å². The molecule has 0 aliphatic heterocycles. The van der Waals surface area contributed by atoms with E-state index in [0.717, 1.165) is 5.56 Å². The maximum Gasteiger partial charge on any atom is 0.337 e. The van der Waals surface area contributed by atoms with Gasteiger partial charge in [-0.05, 0) is 43.7 Å². The molecule has 0 saturated heterocycles. The van der Waals surface area contributed by atoms with Crippen molar-refractivity contribution in [3.63, 3.8) is 0 Å². The molecule has 6 nitrogen and oxygen atoms in total. The molecule has 0 radical (unpaired) electrons. The third-order valence-electron chi connectivity index (χ3n) is 3.61. The number of aromatic carboxylic acids is 1. The SMILES string of the molecule is Cc1ccc2nc(C)c(C(=O)Nc3ccc(Cl)c(C(=O)O)c3)n2c1. The molecule has 0 bridgehead atoms. The number of imidazole rings is 1. The summed E-state index contributed by atoms with van der Waals surface area (Å²) in [6.45, 7) is 3.68. The molecule has 0 aliphatic rings. The summed E-state index contributed by atoms with van der Waals surface area (Å²) in [5.41, 5.74) is 2.94. The van der Waals surface area contributed by atoms with E-state index < -0.39 is 5.97 Å². The second-order valence-corrected chi connectivity index (χ2v) is 5.84. The molecule has 1 amide bonds. The summed E-state index contributed by atoms with van der Waals surface area (Å²) in [6.07, 6.45) is 1.83. The van der Waals surface area contributed by atoms with Crippen LogP contribution in [0.25, 0.3) is 5.65 Å². The Morgan fingerprint density at radius 2 is 1.96 bits per heavy atom. The number of nitrogens with zero attached hydrogens (tertiary/aromatic N) is 2. The van der Waals surface area contributed by atoms with Gasteiger partial charge in [-0.3, -0.25) is 9.20 Å². The number of carbonyl (C=O) groups excluding carboxylic acids is 1. The number of pyridine rings is 1. The van der Waals surface area contributed by atoms with Crippen LogP contribution in [0.2, 0.25) is 5.02 Å². The lowest BCUT2D eigenvalue weighted by atomic mass is 10.2. The van der Waals surface area contributed by atoms with E-state index in [9.17, 15) is 9.59 Å². The summed E-state index contributed by atoms with van der Waals surface area (Å²) < 4.78 is 1.72. The monoisotopic (exact) mass is 343 g/mol. The molecule has 24 heavy (non-hydrogen) atoms. The van der Waals surface area contributed by atoms with E-state index in [4.69, 9.17) is 16.7 Å². The van der Waals surface area contributed by atoms with E-state index >= 15 is 0 Å². The highest BCUT2D eigenvalue weighted by atomic mass is 35.5. The minimum Gasteiger partial charge on any atom is -0.478 e. The highest BCUT2D eigenvalue weighted by molar-refractivity contribution is 6.33. The van der Waals surface area contributed by atoms with Crippen molar-refractivity contribution < 1.29 is 14.7 Å². The maximum atomic E-state index is 12.6. The van der Waals surface area contributed by atoms with Crippen LogP contribution in [0.3, 0.4) is 0 Å². The highest BCUT2D eigenvalue weighted by Gasteiger charge is 2.18. The smallest absolute Gasteiger partial charge is 0.337 e. The number of hydrogen-bond acceptors (Lipinski definition) is 3. The zero-order chi connectivity index (χ0) is 17.4. The Morgan fingerprint density at radius 1 is 1.21 bits per heavy atom. The number of fused-ring (bicyclic) bond motifs is 1. The van der Waals surface area contributed by atoms with E-state index in [-0.39, 0.29) is 16.5 Å². The van der Waals surface area contributed by atoms with Gasteiger partial charge < -0.3 is 10.4 Å². The van der Waals surface area contributed by atoms with Crippen LogP contribution in [0.15, 0.2) is 36.5 Å². The van der Waals surface area contributed by atoms with Crippen molar-refractivity contribution >= 4 is 34.8 Å². The maximum absolute atomic E-state index is 12.6. The van der Waals surface area contributed by atoms with Crippen molar-refractivity contribution in [2.75, 3.05) is 5.32 Å². The van der Waals surface area contributed by atoms with Gasteiger partial charge in [0.1, 0.15) is 11.3 Å². The van der Waals surface area contributed by atoms with Crippen LogP contribution in [-0.4, -0.2) is 26.4 Å². The van der Waals surface area contributed by atoms with Crippen molar-refractivity contribution in [1.82, 2.24) is 9.38 Å². The molecule has 0 spiro atoms. The number of benzene rings is 1. The lowest BCUT2D eigenvalue weighted by Crippen LogP contribution is -2.16. The molecule has 7 heteroatoms. The van der Waals surface area contributed by atoms with Gasteiger partial charge in [-0.25, -0.2) is 9.78 Å². The number of amides is 1. The molecule has 3 rings (SSSR count). The molecule has 0 aliphatic carbocycles. The first kappa shape index (κ1) is 16.0. The van der Waals surface area contributed by atoms with Crippen LogP contribution in [0.1, 0.15) is 32.1 Å². The Morgan fingerprint density at radius 3 is 2.67 bits per heavy atom. The van der Waals surface area contributed by atoms with Crippen LogP contribution in [0.5, 0.6) is 0 Å². The fourth-order valence-electron chi connectivity index (χ4n) is 2.50. The summed E-state index contributed by atoms with van der Waals surface area (Å²) in [5.74, 6) is -1.53. The fraction of sp³-hybridized carbons (Fsp3) is 0.118. The molecular weight excluding hydrogens is 330 g/mol. The molecule has 0 atom stereocenters. The highest BCUT2D eigenvalue weighted by Crippen LogP contribution is 2.22. The molecular formula is C17H14ClN3O3. The number of anilines is 1. The van der Waals surface area contributed by atoms with Crippen molar-refractivity contribution in [1.29, 1.82) is 0 Å². The minimum atomic E-state index is -1.15. The van der Waals surface area contributed by atoms with Crippen LogP contribution < -0.4 is 5.32 Å². The molecule has 2 aromatic heterocycles. The van der Waals surface area contributed by atoms with Gasteiger partial charge in [0.05, 0.1) is 16.3 Å². The van der Waals surface area contributed by atoms with E-state index in [1.807, 2.05) is 25.3 Å². The number of hydrogen-bond donors (Lipinski definition) is 2. The molecule has 0 unspecified atom stereocenters. The largest absolute Gasteiger partial charge is 0.478 e. The predicted octanol–water partition coefficient (Wildman–Crippen LogP) is 3.56. The minimum absolute atomic E-state index is 0.0693. The summed E-state index contributed by atoms with van der Waals surface area (Å²) >= 11 is 5.84. The van der Waals surface area contributed by atoms with Crippen LogP contribution in [0.4, 0.5) is 5.69 Å². The van der Waals surface area contributed by atoms with Crippen molar-refractivity contribution in [3.8, 4) is 0 Å². The average molecular weight is 344 g/mol. The van der Waals surface area contributed by atoms with E-state index in [0.29, 0.717) is 22.7 Å². The molecule has 122 valence electrons. The van der Waals surface area contributed by atoms with Gasteiger partial charge in [-0.1, -0.05) is 17.7 Å². The second kappa shape index (κ2) is 5.98. The Hall–Kier alpha value is -2.86. The van der Waals surface area contributed by atoms with Gasteiger partial charge in [0.2, 0.25) is 0 Å².